The molecule has 96 valence electrons. The van der Waals surface area contributed by atoms with Crippen LogP contribution in [-0.2, 0) is 6.42 Å². The Balaban J connectivity index is 2.39. The van der Waals surface area contributed by atoms with Crippen LogP contribution in [0.3, 0.4) is 0 Å². The van der Waals surface area contributed by atoms with Gasteiger partial charge in [0.2, 0.25) is 0 Å². The Morgan fingerprint density at radius 2 is 1.47 bits per heavy atom. The molecular formula is C17H28. The Kier molecular flexibility index (Phi) is 7.79. The molecule has 0 heteroatoms. The molecule has 0 aliphatic heterocycles. The first-order valence-corrected chi connectivity index (χ1v) is 7.40. The molecule has 1 rings (SSSR count). The fourth-order valence-electron chi connectivity index (χ4n) is 2.47. The second-order valence-corrected chi connectivity index (χ2v) is 5.19. The molecule has 0 nitrogen and oxygen atoms in total. The maximum atomic E-state index is 2.30. The van der Waals surface area contributed by atoms with Gasteiger partial charge < -0.3 is 0 Å². The highest BCUT2D eigenvalue weighted by Gasteiger charge is 2.08. The number of rotatable bonds is 9. The van der Waals surface area contributed by atoms with Crippen molar-refractivity contribution in [2.75, 3.05) is 0 Å². The molecule has 17 heavy (non-hydrogen) atoms. The molecule has 1 aromatic rings. The highest BCUT2D eigenvalue weighted by molar-refractivity contribution is 5.15. The fourth-order valence-corrected chi connectivity index (χ4v) is 2.47. The zero-order valence-corrected chi connectivity index (χ0v) is 11.6. The molecule has 1 unspecified atom stereocenters. The molecule has 0 amide bonds. The lowest BCUT2D eigenvalue weighted by Crippen LogP contribution is -2.05. The normalized spacial score (nSPS) is 12.6. The first-order chi connectivity index (χ1) is 8.36. The SMILES string of the molecule is CCCCCC(CCCC)Cc1ccccc1. The minimum absolute atomic E-state index is 0.906. The molecule has 0 aliphatic rings. The molecule has 0 saturated heterocycles. The van der Waals surface area contributed by atoms with E-state index >= 15 is 0 Å². The van der Waals surface area contributed by atoms with Gasteiger partial charge in [-0.3, -0.25) is 0 Å². The molecule has 0 fully saturated rings. The number of benzene rings is 1. The molecule has 0 aromatic heterocycles. The first kappa shape index (κ1) is 14.3. The van der Waals surface area contributed by atoms with E-state index in [-0.39, 0.29) is 0 Å². The highest BCUT2D eigenvalue weighted by Crippen LogP contribution is 2.21. The number of hydrogen-bond donors (Lipinski definition) is 0. The molecular weight excluding hydrogens is 204 g/mol. The molecule has 1 aromatic carbocycles. The molecule has 0 bridgehead atoms. The molecule has 1 atom stereocenters. The van der Waals surface area contributed by atoms with Gasteiger partial charge in [0.25, 0.3) is 0 Å². The van der Waals surface area contributed by atoms with Crippen LogP contribution in [0.15, 0.2) is 30.3 Å². The highest BCUT2D eigenvalue weighted by atomic mass is 14.1. The van der Waals surface area contributed by atoms with Gasteiger partial charge in [0, 0.05) is 0 Å². The van der Waals surface area contributed by atoms with E-state index in [4.69, 9.17) is 0 Å². The van der Waals surface area contributed by atoms with Crippen molar-refractivity contribution in [3.05, 3.63) is 35.9 Å². The van der Waals surface area contributed by atoms with E-state index in [0.29, 0.717) is 0 Å². The lowest BCUT2D eigenvalue weighted by molar-refractivity contribution is 0.412. The zero-order chi connectivity index (χ0) is 12.3. The summed E-state index contributed by atoms with van der Waals surface area (Å²) in [7, 11) is 0. The second kappa shape index (κ2) is 9.27. The summed E-state index contributed by atoms with van der Waals surface area (Å²) in [5, 5.41) is 0. The molecule has 0 N–H and O–H groups in total. The predicted molar refractivity (Wildman–Crippen MR) is 77.3 cm³/mol. The van der Waals surface area contributed by atoms with Gasteiger partial charge in [0.1, 0.15) is 0 Å². The maximum Gasteiger partial charge on any atom is -0.0250 e. The zero-order valence-electron chi connectivity index (χ0n) is 11.6. The van der Waals surface area contributed by atoms with E-state index < -0.39 is 0 Å². The maximum absolute atomic E-state index is 2.30. The van der Waals surface area contributed by atoms with Crippen LogP contribution in [0.25, 0.3) is 0 Å². The fraction of sp³-hybridized carbons (Fsp3) is 0.647. The topological polar surface area (TPSA) is 0 Å². The minimum Gasteiger partial charge on any atom is -0.0654 e. The molecule has 0 heterocycles. The van der Waals surface area contributed by atoms with E-state index in [0.717, 1.165) is 5.92 Å². The predicted octanol–water partition coefficient (Wildman–Crippen LogP) is 5.62. The van der Waals surface area contributed by atoms with Crippen LogP contribution in [0.5, 0.6) is 0 Å². The van der Waals surface area contributed by atoms with Gasteiger partial charge >= 0.3 is 0 Å². The summed E-state index contributed by atoms with van der Waals surface area (Å²) in [4.78, 5) is 0. The van der Waals surface area contributed by atoms with Gasteiger partial charge in [0.15, 0.2) is 0 Å². The first-order valence-electron chi connectivity index (χ1n) is 7.40. The molecule has 0 spiro atoms. The van der Waals surface area contributed by atoms with E-state index in [2.05, 4.69) is 44.2 Å². The monoisotopic (exact) mass is 232 g/mol. The summed E-state index contributed by atoms with van der Waals surface area (Å²) in [5.41, 5.74) is 1.52. The molecule has 0 saturated carbocycles. The van der Waals surface area contributed by atoms with Crippen LogP contribution in [0, 0.1) is 5.92 Å². The number of unbranched alkanes of at least 4 members (excludes halogenated alkanes) is 3. The summed E-state index contributed by atoms with van der Waals surface area (Å²) >= 11 is 0. The van der Waals surface area contributed by atoms with Crippen LogP contribution >= 0.6 is 0 Å². The van der Waals surface area contributed by atoms with Crippen molar-refractivity contribution < 1.29 is 0 Å². The van der Waals surface area contributed by atoms with Crippen LogP contribution in [-0.4, -0.2) is 0 Å². The second-order valence-electron chi connectivity index (χ2n) is 5.19. The van der Waals surface area contributed by atoms with E-state index in [1.165, 1.54) is 56.9 Å². The van der Waals surface area contributed by atoms with Crippen LogP contribution in [0.2, 0.25) is 0 Å². The minimum atomic E-state index is 0.906. The summed E-state index contributed by atoms with van der Waals surface area (Å²) in [6, 6.07) is 11.0. The van der Waals surface area contributed by atoms with Crippen molar-refractivity contribution in [1.29, 1.82) is 0 Å². The summed E-state index contributed by atoms with van der Waals surface area (Å²) in [5.74, 6) is 0.906. The Hall–Kier alpha value is -0.780. The Bertz CT molecular complexity index is 263. The van der Waals surface area contributed by atoms with Crippen molar-refractivity contribution >= 4 is 0 Å². The van der Waals surface area contributed by atoms with Crippen molar-refractivity contribution in [2.45, 2.75) is 65.2 Å². The quantitative estimate of drug-likeness (QED) is 0.485. The van der Waals surface area contributed by atoms with Crippen LogP contribution < -0.4 is 0 Å². The largest absolute Gasteiger partial charge is 0.0654 e. The van der Waals surface area contributed by atoms with Gasteiger partial charge in [0.05, 0.1) is 0 Å². The van der Waals surface area contributed by atoms with Crippen molar-refractivity contribution in [1.82, 2.24) is 0 Å². The van der Waals surface area contributed by atoms with Crippen molar-refractivity contribution in [3.63, 3.8) is 0 Å². The lowest BCUT2D eigenvalue weighted by Gasteiger charge is -2.16. The smallest absolute Gasteiger partial charge is 0.0250 e. The van der Waals surface area contributed by atoms with Gasteiger partial charge in [-0.05, 0) is 17.9 Å². The van der Waals surface area contributed by atoms with E-state index in [1.54, 1.807) is 0 Å². The summed E-state index contributed by atoms with van der Waals surface area (Å²) in [6.45, 7) is 4.59. The standard InChI is InChI=1S/C17H28/c1-3-5-8-12-16(11-6-4-2)15-17-13-9-7-10-14-17/h7,9-10,13-14,16H,3-6,8,11-12,15H2,1-2H3. The third-order valence-corrected chi connectivity index (χ3v) is 3.55. The third-order valence-electron chi connectivity index (χ3n) is 3.55. The Morgan fingerprint density at radius 3 is 2.12 bits per heavy atom. The van der Waals surface area contributed by atoms with Crippen LogP contribution in [0.4, 0.5) is 0 Å². The molecule has 0 radical (unpaired) electrons. The van der Waals surface area contributed by atoms with Crippen molar-refractivity contribution in [3.8, 4) is 0 Å². The van der Waals surface area contributed by atoms with Crippen LogP contribution in [0.1, 0.15) is 64.4 Å². The summed E-state index contributed by atoms with van der Waals surface area (Å²) < 4.78 is 0. The van der Waals surface area contributed by atoms with Gasteiger partial charge in [-0.1, -0.05) is 89.1 Å². The Morgan fingerprint density at radius 1 is 0.824 bits per heavy atom. The lowest BCUT2D eigenvalue weighted by atomic mass is 9.89. The van der Waals surface area contributed by atoms with Crippen molar-refractivity contribution in [2.24, 2.45) is 5.92 Å². The van der Waals surface area contributed by atoms with Gasteiger partial charge in [-0.2, -0.15) is 0 Å². The molecule has 0 aliphatic carbocycles. The third kappa shape index (κ3) is 6.51. The van der Waals surface area contributed by atoms with E-state index in [1.807, 2.05) is 0 Å². The summed E-state index contributed by atoms with van der Waals surface area (Å²) in [6.07, 6.45) is 11.0. The number of hydrogen-bond acceptors (Lipinski definition) is 0. The average molecular weight is 232 g/mol. The van der Waals surface area contributed by atoms with Gasteiger partial charge in [-0.15, -0.1) is 0 Å². The average Bonchev–Trinajstić information content (AvgIpc) is 2.37. The Labute approximate surface area is 107 Å². The van der Waals surface area contributed by atoms with Gasteiger partial charge in [-0.25, -0.2) is 0 Å². The van der Waals surface area contributed by atoms with E-state index in [9.17, 15) is 0 Å².